The van der Waals surface area contributed by atoms with Gasteiger partial charge in [0.15, 0.2) is 5.96 Å². The molecule has 1 aromatic rings. The summed E-state index contributed by atoms with van der Waals surface area (Å²) in [5, 5.41) is 36.3. The van der Waals surface area contributed by atoms with E-state index in [1.807, 2.05) is 0 Å². The van der Waals surface area contributed by atoms with E-state index >= 15 is 0 Å². The minimum atomic E-state index is -1.85. The van der Waals surface area contributed by atoms with Gasteiger partial charge in [-0.25, -0.2) is 4.79 Å². The van der Waals surface area contributed by atoms with Gasteiger partial charge in [-0.15, -0.1) is 0 Å². The normalized spacial score (nSPS) is 28.2. The highest BCUT2D eigenvalue weighted by Crippen LogP contribution is 2.27. The molecule has 3 rings (SSSR count). The molecular weight excluding hydrogens is 957 g/mol. The van der Waals surface area contributed by atoms with Crippen LogP contribution >= 0.6 is 0 Å². The van der Waals surface area contributed by atoms with Crippen LogP contribution < -0.4 is 49.1 Å². The first-order valence-electron chi connectivity index (χ1n) is 24.0. The lowest BCUT2D eigenvalue weighted by Gasteiger charge is -2.36. The largest absolute Gasteiger partial charge is 0.508 e. The second-order valence-electron chi connectivity index (χ2n) is 19.0. The number of amides is 9. The number of methoxy groups -OCH3 is 1. The first-order valence-corrected chi connectivity index (χ1v) is 24.0. The van der Waals surface area contributed by atoms with Gasteiger partial charge in [-0.3, -0.25) is 48.1 Å². The fourth-order valence-electron chi connectivity index (χ4n) is 8.28. The van der Waals surface area contributed by atoms with Gasteiger partial charge in [0.2, 0.25) is 53.2 Å². The van der Waals surface area contributed by atoms with Crippen molar-refractivity contribution in [3.05, 3.63) is 29.8 Å². The van der Waals surface area contributed by atoms with Crippen LogP contribution in [0.3, 0.4) is 0 Å². The number of aliphatic hydroxyl groups is 1. The summed E-state index contributed by atoms with van der Waals surface area (Å²) in [4.78, 5) is 145. The molecule has 2 fully saturated rings. The number of rotatable bonds is 15. The molecule has 2 aliphatic heterocycles. The van der Waals surface area contributed by atoms with Gasteiger partial charge in [-0.1, -0.05) is 39.8 Å². The summed E-state index contributed by atoms with van der Waals surface area (Å²) in [7, 11) is 3.68. The van der Waals surface area contributed by atoms with Crippen LogP contribution in [0.2, 0.25) is 0 Å². The molecule has 73 heavy (non-hydrogen) atoms. The van der Waals surface area contributed by atoms with E-state index in [-0.39, 0.29) is 55.4 Å². The van der Waals surface area contributed by atoms with Crippen molar-refractivity contribution in [2.24, 2.45) is 39.9 Å². The van der Waals surface area contributed by atoms with Crippen molar-refractivity contribution < 1.29 is 67.6 Å². The number of aliphatic hydroxyl groups excluding tert-OH is 1. The third kappa shape index (κ3) is 16.5. The number of phenolic OH excluding ortho intramolecular Hbond substituents is 1. The SMILES string of the molecule is COC(c1ccc(O)cc1)[C@@H]1NC(=O)[C@H](CCC(N)=O)N(C)C(=O)[C@H](CC(C)C)NC(=O)[C@H](CCCN=C(N)N)NC(=O)[C@H]([C@@H](C)O)NC(=O)[C@@H](NC(=O)[C@H]2NC(=O)[C@H](C)[C@@H]2C)[C@@H](C)OC(=O)[C@H](C)N(C)C1=O. The Morgan fingerprint density at radius 2 is 1.38 bits per heavy atom. The zero-order valence-electron chi connectivity index (χ0n) is 43.0. The number of aromatic hydroxyl groups is 1. The second-order valence-corrected chi connectivity index (χ2v) is 19.0. The third-order valence-electron chi connectivity index (χ3n) is 13.0. The van der Waals surface area contributed by atoms with Crippen LogP contribution in [0, 0.1) is 17.8 Å². The molecule has 1 unspecified atom stereocenters. The van der Waals surface area contributed by atoms with E-state index in [1.165, 1.54) is 59.3 Å². The molecule has 26 heteroatoms. The summed E-state index contributed by atoms with van der Waals surface area (Å²) in [6.07, 6.45) is -5.55. The summed E-state index contributed by atoms with van der Waals surface area (Å²) in [6, 6.07) is -7.09. The highest BCUT2D eigenvalue weighted by molar-refractivity contribution is 5.99. The number of carbonyl (C=O) groups excluding carboxylic acids is 10. The van der Waals surface area contributed by atoms with E-state index in [0.717, 1.165) is 16.7 Å². The van der Waals surface area contributed by atoms with E-state index < -0.39 is 144 Å². The number of esters is 1. The van der Waals surface area contributed by atoms with E-state index in [9.17, 15) is 58.2 Å². The van der Waals surface area contributed by atoms with Gasteiger partial charge in [-0.05, 0) is 76.0 Å². The Balaban J connectivity index is 2.30. The van der Waals surface area contributed by atoms with Gasteiger partial charge in [-0.2, -0.15) is 0 Å². The van der Waals surface area contributed by atoms with Crippen molar-refractivity contribution in [3.63, 3.8) is 0 Å². The number of cyclic esters (lactones) is 1. The predicted molar refractivity (Wildman–Crippen MR) is 262 cm³/mol. The van der Waals surface area contributed by atoms with Crippen molar-refractivity contribution in [2.75, 3.05) is 27.7 Å². The molecule has 0 aliphatic carbocycles. The van der Waals surface area contributed by atoms with Crippen molar-refractivity contribution in [2.45, 2.75) is 147 Å². The number of aliphatic imine (C=N–C) groups is 1. The van der Waals surface area contributed by atoms with Crippen molar-refractivity contribution in [1.29, 1.82) is 0 Å². The number of guanidine groups is 1. The summed E-state index contributed by atoms with van der Waals surface area (Å²) < 4.78 is 11.5. The molecule has 0 bridgehead atoms. The zero-order valence-corrected chi connectivity index (χ0v) is 43.0. The molecule has 14 N–H and O–H groups in total. The number of primary amides is 1. The Hall–Kier alpha value is -7.09. The number of hydrogen-bond acceptors (Lipinski definition) is 15. The fraction of sp³-hybridized carbons (Fsp3) is 0.638. The minimum absolute atomic E-state index is 0.0162. The molecule has 13 atom stereocenters. The molecule has 1 aromatic carbocycles. The topological polar surface area (TPSA) is 399 Å². The molecule has 2 saturated heterocycles. The van der Waals surface area contributed by atoms with Crippen molar-refractivity contribution in [1.82, 2.24) is 41.7 Å². The van der Waals surface area contributed by atoms with E-state index in [1.54, 1.807) is 27.7 Å². The summed E-state index contributed by atoms with van der Waals surface area (Å²) in [5.74, 6) is -11.1. The first-order chi connectivity index (χ1) is 34.1. The van der Waals surface area contributed by atoms with E-state index in [4.69, 9.17) is 26.7 Å². The Labute approximate surface area is 424 Å². The number of ether oxygens (including phenoxy) is 2. The first kappa shape index (κ1) is 60.2. The van der Waals surface area contributed by atoms with Crippen LogP contribution in [0.25, 0.3) is 0 Å². The van der Waals surface area contributed by atoms with Crippen LogP contribution in [0.1, 0.15) is 92.2 Å². The maximum absolute atomic E-state index is 14.8. The Kier molecular flexibility index (Phi) is 22.4. The standard InChI is InChI=1S/C47H74N12O14/c1-21(2)20-30-44(69)59(9)31(17-18-32(48)62)40(65)57-36(37(72-10)27-13-15-28(61)16-14-27)45(70)58(8)24(5)46(71)73-26(7)35(56-41(66)33-22(3)23(4)38(63)54-33)43(68)55-34(25(6)60)42(67)52-29(39(64)53-30)12-11-19-51-47(49)50/h13-16,21-26,29-31,33-37,60-61H,11-12,17-20H2,1-10H3,(H2,48,62)(H,52,67)(H,53,64)(H,54,63)(H,55,68)(H,56,66)(H,57,65)(H4,49,50,51)/t22-,23+,24-,25+,26+,29-,30-,31-,33-,34-,35-,36-,37?/m0/s1. The fourth-order valence-corrected chi connectivity index (χ4v) is 8.28. The molecule has 0 radical (unpaired) electrons. The highest BCUT2D eigenvalue weighted by Gasteiger charge is 2.45. The molecule has 2 aliphatic rings. The molecule has 9 amide bonds. The van der Waals surface area contributed by atoms with Crippen LogP contribution in [0.5, 0.6) is 5.75 Å². The molecule has 0 saturated carbocycles. The summed E-state index contributed by atoms with van der Waals surface area (Å²) in [5.41, 5.74) is 16.8. The van der Waals surface area contributed by atoms with Crippen LogP contribution in [0.15, 0.2) is 29.3 Å². The lowest BCUT2D eigenvalue weighted by molar-refractivity contribution is -0.161. The number of hydrogen-bond donors (Lipinski definition) is 11. The quantitative estimate of drug-likeness (QED) is 0.0354. The molecule has 2 heterocycles. The lowest BCUT2D eigenvalue weighted by atomic mass is 9.93. The van der Waals surface area contributed by atoms with Crippen molar-refractivity contribution >= 4 is 65.1 Å². The third-order valence-corrected chi connectivity index (χ3v) is 13.0. The van der Waals surface area contributed by atoms with Gasteiger partial charge in [0.1, 0.15) is 66.3 Å². The van der Waals surface area contributed by atoms with Gasteiger partial charge in [0.25, 0.3) is 0 Å². The lowest BCUT2D eigenvalue weighted by Crippen LogP contribution is -2.63. The summed E-state index contributed by atoms with van der Waals surface area (Å²) in [6.45, 7) is 10.4. The Morgan fingerprint density at radius 3 is 1.92 bits per heavy atom. The number of carbonyl (C=O) groups is 10. The van der Waals surface area contributed by atoms with Crippen LogP contribution in [-0.4, -0.2) is 173 Å². The van der Waals surface area contributed by atoms with E-state index in [0.29, 0.717) is 0 Å². The number of phenols is 1. The number of nitrogens with zero attached hydrogens (tertiary/aromatic N) is 3. The molecular formula is C47H74N12O14. The monoisotopic (exact) mass is 1030 g/mol. The predicted octanol–water partition coefficient (Wildman–Crippen LogP) is -3.36. The Morgan fingerprint density at radius 1 is 0.781 bits per heavy atom. The number of nitrogens with two attached hydrogens (primary N) is 3. The zero-order chi connectivity index (χ0) is 55.2. The average molecular weight is 1030 g/mol. The van der Waals surface area contributed by atoms with Gasteiger partial charge < -0.3 is 78.6 Å². The minimum Gasteiger partial charge on any atom is -0.508 e. The summed E-state index contributed by atoms with van der Waals surface area (Å²) >= 11 is 0. The molecule has 0 aromatic heterocycles. The molecule has 406 valence electrons. The second kappa shape index (κ2) is 27.1. The smallest absolute Gasteiger partial charge is 0.328 e. The van der Waals surface area contributed by atoms with Crippen LogP contribution in [-0.2, 0) is 57.4 Å². The molecule has 26 nitrogen and oxygen atoms in total. The number of nitrogens with one attached hydrogen (secondary N) is 6. The molecule has 0 spiro atoms. The van der Waals surface area contributed by atoms with Gasteiger partial charge in [0, 0.05) is 40.1 Å². The Bertz CT molecular complexity index is 2210. The average Bonchev–Trinajstić information content (AvgIpc) is 3.58. The number of likely N-dealkylation sites (N-methyl/N-ethyl adjacent to an activating group) is 2. The van der Waals surface area contributed by atoms with Crippen molar-refractivity contribution in [3.8, 4) is 5.75 Å². The highest BCUT2D eigenvalue weighted by atomic mass is 16.5. The van der Waals surface area contributed by atoms with Gasteiger partial charge >= 0.3 is 5.97 Å². The van der Waals surface area contributed by atoms with Gasteiger partial charge in [0.05, 0.1) is 6.10 Å². The maximum atomic E-state index is 14.8. The van der Waals surface area contributed by atoms with E-state index in [2.05, 4.69) is 36.9 Å². The maximum Gasteiger partial charge on any atom is 0.328 e. The van der Waals surface area contributed by atoms with Crippen LogP contribution in [0.4, 0.5) is 0 Å². The number of benzene rings is 1.